The van der Waals surface area contributed by atoms with Crippen LogP contribution < -0.4 is 5.73 Å². The minimum atomic E-state index is -0.614. The van der Waals surface area contributed by atoms with Crippen molar-refractivity contribution in [3.05, 3.63) is 0 Å². The van der Waals surface area contributed by atoms with Gasteiger partial charge in [-0.25, -0.2) is 9.59 Å². The first-order valence-corrected chi connectivity index (χ1v) is 7.63. The van der Waals surface area contributed by atoms with Gasteiger partial charge in [-0.3, -0.25) is 4.90 Å². The molecule has 0 heterocycles. The summed E-state index contributed by atoms with van der Waals surface area (Å²) in [7, 11) is 0. The zero-order chi connectivity index (χ0) is 16.5. The van der Waals surface area contributed by atoms with Crippen molar-refractivity contribution in [3.8, 4) is 0 Å². The molecule has 1 atom stereocenters. The van der Waals surface area contributed by atoms with Crippen LogP contribution in [0.5, 0.6) is 0 Å². The summed E-state index contributed by atoms with van der Waals surface area (Å²) in [5, 5.41) is 0. The minimum absolute atomic E-state index is 0.290. The van der Waals surface area contributed by atoms with E-state index < -0.39 is 17.7 Å². The maximum Gasteiger partial charge on any atom is 0.411 e. The molecular weight excluding hydrogens is 272 g/mol. The van der Waals surface area contributed by atoms with Crippen molar-refractivity contribution in [2.24, 2.45) is 5.73 Å². The fourth-order valence-electron chi connectivity index (χ4n) is 1.92. The number of likely N-dealkylation sites (N-methyl/N-ethyl adjacent to an activating group) is 1. The van der Waals surface area contributed by atoms with Crippen molar-refractivity contribution in [1.29, 1.82) is 0 Å². The molecule has 0 fully saturated rings. The highest BCUT2D eigenvalue weighted by molar-refractivity contribution is 5.81. The van der Waals surface area contributed by atoms with Gasteiger partial charge in [-0.2, -0.15) is 0 Å². The predicted octanol–water partition coefficient (Wildman–Crippen LogP) is 2.30. The molecule has 0 spiro atoms. The van der Waals surface area contributed by atoms with Gasteiger partial charge < -0.3 is 15.2 Å². The standard InChI is InChI=1S/C15H30N2O4/c1-6-17(14(19)21-15(3,4)5)12(10-8-9-11-16)13(18)20-7-2/h12H,6-11,16H2,1-5H3. The highest BCUT2D eigenvalue weighted by Crippen LogP contribution is 2.16. The van der Waals surface area contributed by atoms with E-state index in [2.05, 4.69) is 0 Å². The van der Waals surface area contributed by atoms with Gasteiger partial charge in [-0.15, -0.1) is 0 Å². The lowest BCUT2D eigenvalue weighted by atomic mass is 10.1. The third-order valence-electron chi connectivity index (χ3n) is 2.84. The summed E-state index contributed by atoms with van der Waals surface area (Å²) in [5.74, 6) is -0.387. The maximum atomic E-state index is 12.2. The monoisotopic (exact) mass is 302 g/mol. The highest BCUT2D eigenvalue weighted by Gasteiger charge is 2.32. The molecule has 0 aromatic rings. The van der Waals surface area contributed by atoms with E-state index >= 15 is 0 Å². The summed E-state index contributed by atoms with van der Waals surface area (Å²) in [6, 6.07) is -0.614. The number of nitrogens with zero attached hydrogens (tertiary/aromatic N) is 1. The van der Waals surface area contributed by atoms with Gasteiger partial charge in [0.25, 0.3) is 0 Å². The molecule has 1 unspecified atom stereocenters. The molecule has 0 saturated carbocycles. The van der Waals surface area contributed by atoms with Gasteiger partial charge >= 0.3 is 12.1 Å². The van der Waals surface area contributed by atoms with Crippen molar-refractivity contribution in [2.45, 2.75) is 65.5 Å². The van der Waals surface area contributed by atoms with E-state index in [4.69, 9.17) is 15.2 Å². The van der Waals surface area contributed by atoms with E-state index in [0.717, 1.165) is 12.8 Å². The number of unbranched alkanes of at least 4 members (excludes halogenated alkanes) is 1. The molecule has 0 aliphatic carbocycles. The molecular formula is C15H30N2O4. The third kappa shape index (κ3) is 7.90. The van der Waals surface area contributed by atoms with E-state index in [1.165, 1.54) is 4.90 Å². The van der Waals surface area contributed by atoms with Gasteiger partial charge in [-0.05, 0) is 60.4 Å². The Kier molecular flexibility index (Phi) is 9.01. The molecule has 0 aliphatic heterocycles. The second-order valence-corrected chi connectivity index (χ2v) is 5.82. The van der Waals surface area contributed by atoms with Crippen LogP contribution in [0, 0.1) is 0 Å². The molecule has 0 aromatic heterocycles. The van der Waals surface area contributed by atoms with Crippen molar-refractivity contribution in [1.82, 2.24) is 4.90 Å². The van der Waals surface area contributed by atoms with Crippen LogP contribution in [0.2, 0.25) is 0 Å². The number of carbonyl (C=O) groups is 2. The summed E-state index contributed by atoms with van der Waals surface area (Å²) < 4.78 is 10.4. The summed E-state index contributed by atoms with van der Waals surface area (Å²) in [6.07, 6.45) is 1.61. The maximum absolute atomic E-state index is 12.2. The second-order valence-electron chi connectivity index (χ2n) is 5.82. The molecule has 6 nitrogen and oxygen atoms in total. The van der Waals surface area contributed by atoms with E-state index in [1.54, 1.807) is 27.7 Å². The molecule has 0 rings (SSSR count). The van der Waals surface area contributed by atoms with Gasteiger partial charge in [0.2, 0.25) is 0 Å². The molecule has 6 heteroatoms. The number of hydrogen-bond donors (Lipinski definition) is 1. The Morgan fingerprint density at radius 1 is 1.19 bits per heavy atom. The Bertz CT molecular complexity index is 326. The SMILES string of the molecule is CCOC(=O)C(CCCCN)N(CC)C(=O)OC(C)(C)C. The van der Waals surface area contributed by atoms with E-state index in [9.17, 15) is 9.59 Å². The molecule has 0 saturated heterocycles. The highest BCUT2D eigenvalue weighted by atomic mass is 16.6. The van der Waals surface area contributed by atoms with E-state index in [-0.39, 0.29) is 12.6 Å². The molecule has 0 bridgehead atoms. The predicted molar refractivity (Wildman–Crippen MR) is 81.9 cm³/mol. The number of ether oxygens (including phenoxy) is 2. The van der Waals surface area contributed by atoms with Gasteiger partial charge in [0.05, 0.1) is 6.61 Å². The van der Waals surface area contributed by atoms with Crippen LogP contribution in [0.1, 0.15) is 53.9 Å². The smallest absolute Gasteiger partial charge is 0.411 e. The Labute approximate surface area is 127 Å². The Hall–Kier alpha value is -1.30. The topological polar surface area (TPSA) is 81.9 Å². The van der Waals surface area contributed by atoms with Crippen LogP contribution in [0.4, 0.5) is 4.79 Å². The first-order chi connectivity index (χ1) is 9.76. The Morgan fingerprint density at radius 3 is 2.24 bits per heavy atom. The molecule has 1 amide bonds. The average Bonchev–Trinajstić information content (AvgIpc) is 2.36. The molecule has 124 valence electrons. The average molecular weight is 302 g/mol. The lowest BCUT2D eigenvalue weighted by Crippen LogP contribution is -2.47. The Balaban J connectivity index is 4.95. The molecule has 21 heavy (non-hydrogen) atoms. The Morgan fingerprint density at radius 2 is 1.81 bits per heavy atom. The number of hydrogen-bond acceptors (Lipinski definition) is 5. The van der Waals surface area contributed by atoms with Crippen LogP contribution in [-0.2, 0) is 14.3 Å². The fraction of sp³-hybridized carbons (Fsp3) is 0.867. The van der Waals surface area contributed by atoms with Crippen LogP contribution in [0.3, 0.4) is 0 Å². The van der Waals surface area contributed by atoms with Gasteiger partial charge in [0.15, 0.2) is 0 Å². The van der Waals surface area contributed by atoms with Crippen LogP contribution in [-0.4, -0.2) is 48.3 Å². The zero-order valence-electron chi connectivity index (χ0n) is 14.0. The normalized spacial score (nSPS) is 12.7. The second kappa shape index (κ2) is 9.60. The fourth-order valence-corrected chi connectivity index (χ4v) is 1.92. The largest absolute Gasteiger partial charge is 0.464 e. The molecule has 0 aromatic carbocycles. The molecule has 0 radical (unpaired) electrons. The number of amides is 1. The van der Waals surface area contributed by atoms with E-state index in [1.807, 2.05) is 6.92 Å². The summed E-state index contributed by atoms with van der Waals surface area (Å²) in [6.45, 7) is 10.2. The molecule has 0 aliphatic rings. The van der Waals surface area contributed by atoms with Crippen LogP contribution in [0.25, 0.3) is 0 Å². The summed E-state index contributed by atoms with van der Waals surface area (Å²) in [4.78, 5) is 25.8. The van der Waals surface area contributed by atoms with Crippen LogP contribution in [0.15, 0.2) is 0 Å². The number of rotatable bonds is 8. The number of carbonyl (C=O) groups excluding carboxylic acids is 2. The quantitative estimate of drug-likeness (QED) is 0.549. The third-order valence-corrected chi connectivity index (χ3v) is 2.84. The zero-order valence-corrected chi connectivity index (χ0v) is 14.0. The van der Waals surface area contributed by atoms with Crippen molar-refractivity contribution in [2.75, 3.05) is 19.7 Å². The van der Waals surface area contributed by atoms with E-state index in [0.29, 0.717) is 19.5 Å². The molecule has 2 N–H and O–H groups in total. The summed E-state index contributed by atoms with van der Waals surface area (Å²) in [5.41, 5.74) is 4.88. The van der Waals surface area contributed by atoms with Gasteiger partial charge in [0, 0.05) is 6.54 Å². The first-order valence-electron chi connectivity index (χ1n) is 7.63. The minimum Gasteiger partial charge on any atom is -0.464 e. The van der Waals surface area contributed by atoms with Crippen LogP contribution >= 0.6 is 0 Å². The number of nitrogens with two attached hydrogens (primary N) is 1. The lowest BCUT2D eigenvalue weighted by molar-refractivity contribution is -0.149. The lowest BCUT2D eigenvalue weighted by Gasteiger charge is -2.31. The van der Waals surface area contributed by atoms with Crippen molar-refractivity contribution in [3.63, 3.8) is 0 Å². The van der Waals surface area contributed by atoms with Gasteiger partial charge in [-0.1, -0.05) is 0 Å². The summed E-state index contributed by atoms with van der Waals surface area (Å²) >= 11 is 0. The number of esters is 1. The first kappa shape index (κ1) is 19.7. The van der Waals surface area contributed by atoms with Crippen molar-refractivity contribution < 1.29 is 19.1 Å². The van der Waals surface area contributed by atoms with Crippen molar-refractivity contribution >= 4 is 12.1 Å². The van der Waals surface area contributed by atoms with Gasteiger partial charge in [0.1, 0.15) is 11.6 Å².